The lowest BCUT2D eigenvalue weighted by molar-refractivity contribution is -0.115. The van der Waals surface area contributed by atoms with Gasteiger partial charge in [-0.25, -0.2) is 8.42 Å². The van der Waals surface area contributed by atoms with Gasteiger partial charge in [0.15, 0.2) is 15.7 Å². The van der Waals surface area contributed by atoms with Gasteiger partial charge in [0, 0.05) is 47.6 Å². The highest BCUT2D eigenvalue weighted by atomic mass is 32.2. The number of hydrogen-bond donors (Lipinski definition) is 2. The number of aromatic amines is 1. The SMILES string of the molecule is Cn1c(CC(=O)Nc2cc([C@H]3C[CH]CC3)[nH]n2)c(S(C)(=O)=O)c2ccccc21. The lowest BCUT2D eigenvalue weighted by Gasteiger charge is -2.07. The first-order valence-electron chi connectivity index (χ1n) is 9.27. The zero-order valence-corrected chi connectivity index (χ0v) is 16.7. The first kappa shape index (κ1) is 18.7. The molecule has 1 aliphatic rings. The summed E-state index contributed by atoms with van der Waals surface area (Å²) in [6.45, 7) is 0. The summed E-state index contributed by atoms with van der Waals surface area (Å²) < 4.78 is 26.6. The highest BCUT2D eigenvalue weighted by Crippen LogP contribution is 2.33. The second-order valence-electron chi connectivity index (χ2n) is 7.36. The van der Waals surface area contributed by atoms with Crippen LogP contribution < -0.4 is 5.32 Å². The minimum Gasteiger partial charge on any atom is -0.346 e. The molecule has 1 saturated carbocycles. The van der Waals surface area contributed by atoms with Crippen LogP contribution in [-0.2, 0) is 28.1 Å². The molecule has 3 aromatic rings. The molecule has 7 nitrogen and oxygen atoms in total. The molecule has 0 spiro atoms. The molecule has 0 bridgehead atoms. The second kappa shape index (κ2) is 7.09. The summed E-state index contributed by atoms with van der Waals surface area (Å²) in [6.07, 6.45) is 6.59. The summed E-state index contributed by atoms with van der Waals surface area (Å²) in [5, 5.41) is 10.6. The summed E-state index contributed by atoms with van der Waals surface area (Å²) in [7, 11) is -1.71. The summed E-state index contributed by atoms with van der Waals surface area (Å²) in [5.41, 5.74) is 2.28. The smallest absolute Gasteiger partial charge is 0.231 e. The number of hydrogen-bond acceptors (Lipinski definition) is 4. The van der Waals surface area contributed by atoms with Crippen molar-refractivity contribution in [2.24, 2.45) is 7.05 Å². The van der Waals surface area contributed by atoms with Crippen molar-refractivity contribution in [2.75, 3.05) is 11.6 Å². The number of amides is 1. The summed E-state index contributed by atoms with van der Waals surface area (Å²) in [6, 6.07) is 9.13. The Hall–Kier alpha value is -2.61. The summed E-state index contributed by atoms with van der Waals surface area (Å²) in [4.78, 5) is 12.9. The zero-order chi connectivity index (χ0) is 19.9. The molecule has 28 heavy (non-hydrogen) atoms. The first-order valence-corrected chi connectivity index (χ1v) is 11.2. The second-order valence-corrected chi connectivity index (χ2v) is 9.31. The van der Waals surface area contributed by atoms with E-state index in [2.05, 4.69) is 21.9 Å². The van der Waals surface area contributed by atoms with Crippen LogP contribution in [0.2, 0.25) is 0 Å². The van der Waals surface area contributed by atoms with Crippen molar-refractivity contribution >= 4 is 32.5 Å². The van der Waals surface area contributed by atoms with Crippen LogP contribution in [0.4, 0.5) is 5.82 Å². The molecular formula is C20H23N4O3S. The topological polar surface area (TPSA) is 96.8 Å². The molecule has 1 amide bonds. The van der Waals surface area contributed by atoms with Crippen molar-refractivity contribution in [1.82, 2.24) is 14.8 Å². The third kappa shape index (κ3) is 3.44. The van der Waals surface area contributed by atoms with E-state index in [0.29, 0.717) is 22.8 Å². The number of nitrogens with one attached hydrogen (secondary N) is 2. The first-order chi connectivity index (χ1) is 13.3. The molecule has 4 rings (SSSR count). The van der Waals surface area contributed by atoms with E-state index in [1.54, 1.807) is 23.7 Å². The highest BCUT2D eigenvalue weighted by molar-refractivity contribution is 7.91. The van der Waals surface area contributed by atoms with Crippen LogP contribution in [-0.4, -0.2) is 35.3 Å². The maximum atomic E-state index is 12.6. The van der Waals surface area contributed by atoms with Crippen LogP contribution in [0, 0.1) is 6.42 Å². The van der Waals surface area contributed by atoms with Gasteiger partial charge in [0.25, 0.3) is 0 Å². The fraction of sp³-hybridized carbons (Fsp3) is 0.350. The Morgan fingerprint density at radius 1 is 1.36 bits per heavy atom. The van der Waals surface area contributed by atoms with Crippen LogP contribution in [0.15, 0.2) is 35.2 Å². The normalized spacial score (nSPS) is 15.4. The highest BCUT2D eigenvalue weighted by Gasteiger charge is 2.25. The molecule has 1 radical (unpaired) electrons. The van der Waals surface area contributed by atoms with E-state index >= 15 is 0 Å². The molecule has 1 atom stereocenters. The maximum absolute atomic E-state index is 12.6. The molecule has 8 heteroatoms. The Labute approximate surface area is 164 Å². The van der Waals surface area contributed by atoms with Crippen molar-refractivity contribution in [1.29, 1.82) is 0 Å². The molecule has 2 aromatic heterocycles. The Bertz CT molecular complexity index is 1140. The van der Waals surface area contributed by atoms with Crippen LogP contribution in [0.25, 0.3) is 10.9 Å². The van der Waals surface area contributed by atoms with Gasteiger partial charge in [-0.1, -0.05) is 18.2 Å². The average molecular weight is 399 g/mol. The summed E-state index contributed by atoms with van der Waals surface area (Å²) in [5.74, 6) is 0.589. The van der Waals surface area contributed by atoms with Crippen molar-refractivity contribution in [3.8, 4) is 0 Å². The number of fused-ring (bicyclic) bond motifs is 1. The summed E-state index contributed by atoms with van der Waals surface area (Å²) >= 11 is 0. The largest absolute Gasteiger partial charge is 0.346 e. The van der Waals surface area contributed by atoms with E-state index in [9.17, 15) is 13.2 Å². The van der Waals surface area contributed by atoms with Gasteiger partial charge in [-0.3, -0.25) is 9.89 Å². The van der Waals surface area contributed by atoms with Crippen LogP contribution in [0.3, 0.4) is 0 Å². The van der Waals surface area contributed by atoms with Gasteiger partial charge < -0.3 is 9.88 Å². The number of sulfone groups is 1. The Balaban J connectivity index is 1.60. The number of aromatic nitrogens is 3. The number of carbonyl (C=O) groups is 1. The van der Waals surface area contributed by atoms with E-state index in [-0.39, 0.29) is 17.2 Å². The minimum atomic E-state index is -3.49. The average Bonchev–Trinajstić information content (AvgIpc) is 3.35. The zero-order valence-electron chi connectivity index (χ0n) is 15.9. The molecule has 0 unspecified atom stereocenters. The van der Waals surface area contributed by atoms with Gasteiger partial charge in [0.1, 0.15) is 0 Å². The third-order valence-corrected chi connectivity index (χ3v) is 6.55. The number of anilines is 1. The van der Waals surface area contributed by atoms with Crippen LogP contribution >= 0.6 is 0 Å². The number of para-hydroxylation sites is 1. The van der Waals surface area contributed by atoms with E-state index in [4.69, 9.17) is 0 Å². The number of benzene rings is 1. The van der Waals surface area contributed by atoms with E-state index in [1.165, 1.54) is 6.26 Å². The molecule has 1 fully saturated rings. The number of carbonyl (C=O) groups excluding carboxylic acids is 1. The standard InChI is InChI=1S/C20H23N4O3S/c1-24-16-10-6-5-9-14(16)20(28(2,26)27)17(24)12-19(25)21-18-11-15(22-23-18)13-7-3-4-8-13/h3,5-6,9-11,13H,4,7-8,12H2,1-2H3,(H2,21,22,23,25)/t13-/m0/s1. The van der Waals surface area contributed by atoms with Gasteiger partial charge in [0.2, 0.25) is 5.91 Å². The molecule has 2 N–H and O–H groups in total. The minimum absolute atomic E-state index is 0.0486. The van der Waals surface area contributed by atoms with Gasteiger partial charge in [0.05, 0.1) is 11.3 Å². The molecule has 147 valence electrons. The van der Waals surface area contributed by atoms with Gasteiger partial charge in [-0.05, 0) is 31.7 Å². The van der Waals surface area contributed by atoms with Crippen LogP contribution in [0.1, 0.15) is 36.6 Å². The maximum Gasteiger partial charge on any atom is 0.231 e. The Kier molecular flexibility index (Phi) is 4.74. The molecule has 0 saturated heterocycles. The van der Waals surface area contributed by atoms with Crippen molar-refractivity contribution in [3.63, 3.8) is 0 Å². The lowest BCUT2D eigenvalue weighted by Crippen LogP contribution is -2.18. The van der Waals surface area contributed by atoms with Gasteiger partial charge in [-0.2, -0.15) is 5.10 Å². The fourth-order valence-electron chi connectivity index (χ4n) is 4.01. The lowest BCUT2D eigenvalue weighted by atomic mass is 10.0. The van der Waals surface area contributed by atoms with E-state index in [0.717, 1.165) is 30.5 Å². The van der Waals surface area contributed by atoms with Crippen molar-refractivity contribution in [2.45, 2.75) is 36.5 Å². The van der Waals surface area contributed by atoms with Crippen LogP contribution in [0.5, 0.6) is 0 Å². The van der Waals surface area contributed by atoms with Crippen molar-refractivity contribution in [3.05, 3.63) is 48.1 Å². The Morgan fingerprint density at radius 3 is 2.86 bits per heavy atom. The van der Waals surface area contributed by atoms with Gasteiger partial charge in [-0.15, -0.1) is 0 Å². The predicted molar refractivity (Wildman–Crippen MR) is 108 cm³/mol. The molecular weight excluding hydrogens is 376 g/mol. The number of H-pyrrole nitrogens is 1. The Morgan fingerprint density at radius 2 is 2.14 bits per heavy atom. The van der Waals surface area contributed by atoms with E-state index < -0.39 is 9.84 Å². The number of aryl methyl sites for hydroxylation is 1. The van der Waals surface area contributed by atoms with Gasteiger partial charge >= 0.3 is 0 Å². The number of nitrogens with zero attached hydrogens (tertiary/aromatic N) is 2. The molecule has 1 aromatic carbocycles. The monoisotopic (exact) mass is 399 g/mol. The molecule has 1 aliphatic carbocycles. The van der Waals surface area contributed by atoms with Crippen molar-refractivity contribution < 1.29 is 13.2 Å². The fourth-order valence-corrected chi connectivity index (χ4v) is 5.22. The predicted octanol–water partition coefficient (Wildman–Crippen LogP) is 2.96. The number of rotatable bonds is 5. The quantitative estimate of drug-likeness (QED) is 0.689. The third-order valence-electron chi connectivity index (χ3n) is 5.35. The van der Waals surface area contributed by atoms with E-state index in [1.807, 2.05) is 18.2 Å². The molecule has 0 aliphatic heterocycles. The molecule has 2 heterocycles.